The van der Waals surface area contributed by atoms with Crippen LogP contribution in [0.1, 0.15) is 48.8 Å². The third kappa shape index (κ3) is 8.84. The fourth-order valence-corrected chi connectivity index (χ4v) is 4.71. The van der Waals surface area contributed by atoms with Crippen LogP contribution in [0.3, 0.4) is 0 Å². The van der Waals surface area contributed by atoms with Crippen molar-refractivity contribution >= 4 is 40.6 Å². The standard InChI is InChI=1S/C23H31N3O4S2/c1-3-5-11-20(25-23(30)24-17(8-4-2)14-21(27)28)22(29)26(15-18-9-6-12-31-18)16-19-10-7-13-32-19/h4,6-7,9-10,12-13,17,20H,2-3,5,8,11,14-16H2,1H3,(H,27,28)(H2,24,25,30)/t17?,20-/m0/s1. The van der Waals surface area contributed by atoms with E-state index in [1.54, 1.807) is 33.6 Å². The number of thiophene rings is 2. The van der Waals surface area contributed by atoms with Gasteiger partial charge in [0.05, 0.1) is 19.5 Å². The molecule has 0 saturated carbocycles. The SMILES string of the molecule is C=CCC(CC(=O)O)NC(=O)N[C@@H](CCCC)C(=O)N(Cc1cccs1)Cc1cccs1. The normalized spacial score (nSPS) is 12.5. The molecule has 9 heteroatoms. The minimum Gasteiger partial charge on any atom is -0.481 e. The van der Waals surface area contributed by atoms with Gasteiger partial charge in [-0.2, -0.15) is 0 Å². The summed E-state index contributed by atoms with van der Waals surface area (Å²) in [6.07, 6.45) is 3.87. The highest BCUT2D eigenvalue weighted by atomic mass is 32.1. The minimum absolute atomic E-state index is 0.145. The Morgan fingerprint density at radius 1 is 1.12 bits per heavy atom. The van der Waals surface area contributed by atoms with E-state index in [-0.39, 0.29) is 12.3 Å². The molecular formula is C23H31N3O4S2. The van der Waals surface area contributed by atoms with Crippen molar-refractivity contribution in [3.8, 4) is 0 Å². The van der Waals surface area contributed by atoms with E-state index in [0.717, 1.165) is 22.6 Å². The summed E-state index contributed by atoms with van der Waals surface area (Å²) >= 11 is 3.18. The number of amides is 3. The molecule has 32 heavy (non-hydrogen) atoms. The van der Waals surface area contributed by atoms with Crippen LogP contribution in [0.15, 0.2) is 47.7 Å². The average Bonchev–Trinajstić information content (AvgIpc) is 3.44. The first-order chi connectivity index (χ1) is 15.4. The van der Waals surface area contributed by atoms with Gasteiger partial charge in [0, 0.05) is 15.8 Å². The molecule has 1 unspecified atom stereocenters. The third-order valence-electron chi connectivity index (χ3n) is 4.82. The minimum atomic E-state index is -1.01. The monoisotopic (exact) mass is 477 g/mol. The molecule has 0 aliphatic heterocycles. The molecule has 0 fully saturated rings. The molecule has 3 amide bonds. The van der Waals surface area contributed by atoms with Crippen LogP contribution >= 0.6 is 22.7 Å². The fraction of sp³-hybridized carbons (Fsp3) is 0.435. The first kappa shape index (κ1) is 25.6. The molecule has 174 valence electrons. The number of hydrogen-bond acceptors (Lipinski definition) is 5. The number of carbonyl (C=O) groups excluding carboxylic acids is 2. The molecule has 2 aromatic rings. The van der Waals surface area contributed by atoms with Gasteiger partial charge < -0.3 is 20.6 Å². The first-order valence-corrected chi connectivity index (χ1v) is 12.4. The third-order valence-corrected chi connectivity index (χ3v) is 6.54. The Hall–Kier alpha value is -2.65. The summed E-state index contributed by atoms with van der Waals surface area (Å²) in [6, 6.07) is 6.08. The molecule has 0 saturated heterocycles. The number of rotatable bonds is 14. The highest BCUT2D eigenvalue weighted by Gasteiger charge is 2.27. The van der Waals surface area contributed by atoms with E-state index in [2.05, 4.69) is 17.2 Å². The van der Waals surface area contributed by atoms with Crippen LogP contribution in [0.4, 0.5) is 4.79 Å². The lowest BCUT2D eigenvalue weighted by Crippen LogP contribution is -2.52. The summed E-state index contributed by atoms with van der Waals surface area (Å²) in [4.78, 5) is 41.1. The number of aliphatic carboxylic acids is 1. The summed E-state index contributed by atoms with van der Waals surface area (Å²) in [5.74, 6) is -1.15. The quantitative estimate of drug-likeness (QED) is 0.346. The number of nitrogens with one attached hydrogen (secondary N) is 2. The van der Waals surface area contributed by atoms with E-state index >= 15 is 0 Å². The number of carboxylic acid groups (broad SMARTS) is 1. The van der Waals surface area contributed by atoms with Gasteiger partial charge in [0.15, 0.2) is 0 Å². The van der Waals surface area contributed by atoms with Gasteiger partial charge in [0.2, 0.25) is 5.91 Å². The van der Waals surface area contributed by atoms with Gasteiger partial charge in [-0.3, -0.25) is 9.59 Å². The molecule has 0 bridgehead atoms. The molecule has 0 aliphatic rings. The van der Waals surface area contributed by atoms with Gasteiger partial charge in [-0.05, 0) is 35.7 Å². The average molecular weight is 478 g/mol. The highest BCUT2D eigenvalue weighted by Crippen LogP contribution is 2.19. The largest absolute Gasteiger partial charge is 0.481 e. The molecule has 2 rings (SSSR count). The Kier molecular flexibility index (Phi) is 11.0. The number of nitrogens with zero attached hydrogens (tertiary/aromatic N) is 1. The zero-order valence-corrected chi connectivity index (χ0v) is 19.9. The van der Waals surface area contributed by atoms with Crippen LogP contribution in [0, 0.1) is 0 Å². The van der Waals surface area contributed by atoms with Crippen LogP contribution in [-0.2, 0) is 22.7 Å². The highest BCUT2D eigenvalue weighted by molar-refractivity contribution is 7.10. The van der Waals surface area contributed by atoms with Crippen LogP contribution in [0.5, 0.6) is 0 Å². The van der Waals surface area contributed by atoms with Gasteiger partial charge in [0.25, 0.3) is 0 Å². The van der Waals surface area contributed by atoms with Crippen LogP contribution in [-0.4, -0.2) is 40.0 Å². The summed E-state index contributed by atoms with van der Waals surface area (Å²) in [5.41, 5.74) is 0. The smallest absolute Gasteiger partial charge is 0.315 e. The molecule has 2 heterocycles. The van der Waals surface area contributed by atoms with Crippen molar-refractivity contribution in [1.29, 1.82) is 0 Å². The summed E-state index contributed by atoms with van der Waals surface area (Å²) in [7, 11) is 0. The van der Waals surface area contributed by atoms with E-state index in [1.165, 1.54) is 0 Å². The molecule has 2 aromatic heterocycles. The zero-order chi connectivity index (χ0) is 23.3. The van der Waals surface area contributed by atoms with E-state index in [1.807, 2.05) is 41.9 Å². The molecule has 0 radical (unpaired) electrons. The lowest BCUT2D eigenvalue weighted by molar-refractivity contribution is -0.137. The summed E-state index contributed by atoms with van der Waals surface area (Å²) in [5, 5.41) is 18.5. The van der Waals surface area contributed by atoms with Crippen molar-refractivity contribution in [1.82, 2.24) is 15.5 Å². The summed E-state index contributed by atoms with van der Waals surface area (Å²) in [6.45, 7) is 6.59. The second-order valence-electron chi connectivity index (χ2n) is 7.48. The van der Waals surface area contributed by atoms with Gasteiger partial charge >= 0.3 is 12.0 Å². The molecule has 2 atom stereocenters. The Balaban J connectivity index is 2.13. The first-order valence-electron chi connectivity index (χ1n) is 10.7. The van der Waals surface area contributed by atoms with Gasteiger partial charge in [-0.1, -0.05) is 38.0 Å². The Bertz CT molecular complexity index is 816. The zero-order valence-electron chi connectivity index (χ0n) is 18.3. The summed E-state index contributed by atoms with van der Waals surface area (Å²) < 4.78 is 0. The Morgan fingerprint density at radius 2 is 1.75 bits per heavy atom. The number of carboxylic acids is 1. The molecule has 0 spiro atoms. The molecule has 7 nitrogen and oxygen atoms in total. The van der Waals surface area contributed by atoms with Crippen molar-refractivity contribution in [2.24, 2.45) is 0 Å². The van der Waals surface area contributed by atoms with Crippen molar-refractivity contribution in [2.75, 3.05) is 0 Å². The Labute approximate surface area is 197 Å². The van der Waals surface area contributed by atoms with Crippen molar-refractivity contribution in [2.45, 2.75) is 64.2 Å². The molecule has 0 aliphatic carbocycles. The van der Waals surface area contributed by atoms with E-state index in [4.69, 9.17) is 5.11 Å². The lowest BCUT2D eigenvalue weighted by Gasteiger charge is -2.28. The van der Waals surface area contributed by atoms with Crippen LogP contribution in [0.2, 0.25) is 0 Å². The van der Waals surface area contributed by atoms with Crippen LogP contribution in [0.25, 0.3) is 0 Å². The second kappa shape index (κ2) is 13.7. The van der Waals surface area contributed by atoms with Crippen molar-refractivity contribution < 1.29 is 19.5 Å². The van der Waals surface area contributed by atoms with Crippen LogP contribution < -0.4 is 10.6 Å². The molecular weight excluding hydrogens is 446 g/mol. The molecule has 0 aromatic carbocycles. The number of unbranched alkanes of at least 4 members (excludes halogenated alkanes) is 1. The second-order valence-corrected chi connectivity index (χ2v) is 9.55. The fourth-order valence-electron chi connectivity index (χ4n) is 3.27. The maximum Gasteiger partial charge on any atom is 0.315 e. The topological polar surface area (TPSA) is 98.7 Å². The lowest BCUT2D eigenvalue weighted by atomic mass is 10.1. The predicted octanol–water partition coefficient (Wildman–Crippen LogP) is 4.62. The number of carbonyl (C=O) groups is 3. The van der Waals surface area contributed by atoms with E-state index in [9.17, 15) is 14.4 Å². The van der Waals surface area contributed by atoms with Crippen molar-refractivity contribution in [3.63, 3.8) is 0 Å². The Morgan fingerprint density at radius 3 is 2.22 bits per heavy atom. The van der Waals surface area contributed by atoms with E-state index in [0.29, 0.717) is 25.9 Å². The predicted molar refractivity (Wildman–Crippen MR) is 129 cm³/mol. The maximum absolute atomic E-state index is 13.5. The van der Waals surface area contributed by atoms with E-state index < -0.39 is 24.1 Å². The van der Waals surface area contributed by atoms with Crippen molar-refractivity contribution in [3.05, 3.63) is 57.4 Å². The number of hydrogen-bond donors (Lipinski definition) is 3. The van der Waals surface area contributed by atoms with Gasteiger partial charge in [0.1, 0.15) is 6.04 Å². The van der Waals surface area contributed by atoms with Gasteiger partial charge in [-0.25, -0.2) is 4.79 Å². The number of urea groups is 1. The maximum atomic E-state index is 13.5. The van der Waals surface area contributed by atoms with Gasteiger partial charge in [-0.15, -0.1) is 29.3 Å². The molecule has 3 N–H and O–H groups in total.